The molecule has 0 atom stereocenters. The molecule has 3 N–H and O–H groups in total. The van der Waals surface area contributed by atoms with Crippen LogP contribution in [-0.4, -0.2) is 46.9 Å². The van der Waals surface area contributed by atoms with E-state index in [1.807, 2.05) is 6.07 Å². The summed E-state index contributed by atoms with van der Waals surface area (Å²) in [5, 5.41) is 2.52. The van der Waals surface area contributed by atoms with Crippen molar-refractivity contribution in [3.05, 3.63) is 23.8 Å². The molecule has 1 fully saturated rings. The highest BCUT2D eigenvalue weighted by Crippen LogP contribution is 2.27. The van der Waals surface area contributed by atoms with Crippen LogP contribution in [0.1, 0.15) is 18.4 Å². The van der Waals surface area contributed by atoms with E-state index in [0.29, 0.717) is 0 Å². The zero-order valence-corrected chi connectivity index (χ0v) is 12.9. The van der Waals surface area contributed by atoms with Gasteiger partial charge >= 0.3 is 0 Å². The van der Waals surface area contributed by atoms with E-state index in [-0.39, 0.29) is 0 Å². The third kappa shape index (κ3) is 4.12. The van der Waals surface area contributed by atoms with Crippen molar-refractivity contribution in [2.75, 3.05) is 40.9 Å². The number of hydrogen-bond donors (Lipinski definition) is 2. The molecule has 4 nitrogen and oxygen atoms in total. The second-order valence-corrected chi connectivity index (χ2v) is 5.76. The zero-order chi connectivity index (χ0) is 14.4. The molecule has 112 valence electrons. The topological polar surface area (TPSA) is 39.5 Å². The van der Waals surface area contributed by atoms with Crippen LogP contribution in [0.2, 0.25) is 0 Å². The Labute approximate surface area is 122 Å². The first-order chi connectivity index (χ1) is 9.72. The smallest absolute Gasteiger partial charge is 0.160 e. The first kappa shape index (κ1) is 15.1. The molecule has 0 amide bonds. The van der Waals surface area contributed by atoms with E-state index in [9.17, 15) is 0 Å². The number of nitrogens with one attached hydrogen (secondary N) is 1. The van der Waals surface area contributed by atoms with Crippen LogP contribution >= 0.6 is 0 Å². The van der Waals surface area contributed by atoms with E-state index in [1.165, 1.54) is 31.5 Å². The lowest BCUT2D eigenvalue weighted by Crippen LogP contribution is -3.12. The minimum absolute atomic E-state index is 0.804. The second kappa shape index (κ2) is 7.50. The third-order valence-electron chi connectivity index (χ3n) is 4.26. The van der Waals surface area contributed by atoms with Crippen molar-refractivity contribution in [1.82, 2.24) is 0 Å². The van der Waals surface area contributed by atoms with Crippen molar-refractivity contribution < 1.29 is 19.7 Å². The van der Waals surface area contributed by atoms with Gasteiger partial charge in [0.1, 0.15) is 0 Å². The quantitative estimate of drug-likeness (QED) is 0.736. The van der Waals surface area contributed by atoms with Gasteiger partial charge in [-0.3, -0.25) is 0 Å². The normalized spacial score (nSPS) is 22.6. The molecule has 0 spiro atoms. The van der Waals surface area contributed by atoms with Crippen LogP contribution in [0.15, 0.2) is 18.2 Å². The van der Waals surface area contributed by atoms with Gasteiger partial charge in [-0.05, 0) is 17.7 Å². The highest BCUT2D eigenvalue weighted by Gasteiger charge is 2.21. The summed E-state index contributed by atoms with van der Waals surface area (Å²) in [6, 6.07) is 7.03. The van der Waals surface area contributed by atoms with Gasteiger partial charge in [0.25, 0.3) is 0 Å². The standard InChI is InChI=1S/C16H26N2O2/c1-18-10-7-14(8-11-18)17-9-6-13-4-5-15(19-2)16(12-13)20-3/h4-5,12,14,17H,6-11H2,1-3H3/p+2. The number of benzene rings is 1. The summed E-state index contributed by atoms with van der Waals surface area (Å²) < 4.78 is 10.6. The number of quaternary nitrogens is 2. The summed E-state index contributed by atoms with van der Waals surface area (Å²) in [5.74, 6) is 1.63. The average Bonchev–Trinajstić information content (AvgIpc) is 2.49. The number of nitrogens with two attached hydrogens (primary N) is 1. The van der Waals surface area contributed by atoms with Crippen molar-refractivity contribution in [3.63, 3.8) is 0 Å². The molecule has 1 saturated heterocycles. The maximum atomic E-state index is 5.35. The SMILES string of the molecule is COc1ccc(CC[NH2+]C2CC[NH+](C)CC2)cc1OC. The highest BCUT2D eigenvalue weighted by molar-refractivity contribution is 5.42. The summed E-state index contributed by atoms with van der Waals surface area (Å²) in [6.07, 6.45) is 3.77. The van der Waals surface area contributed by atoms with Gasteiger partial charge in [0, 0.05) is 19.3 Å². The van der Waals surface area contributed by atoms with Gasteiger partial charge in [-0.15, -0.1) is 0 Å². The Hall–Kier alpha value is -1.26. The number of methoxy groups -OCH3 is 2. The van der Waals surface area contributed by atoms with Crippen LogP contribution in [0.25, 0.3) is 0 Å². The molecule has 0 aliphatic carbocycles. The first-order valence-electron chi connectivity index (χ1n) is 7.58. The molecule has 4 heteroatoms. The van der Waals surface area contributed by atoms with Crippen LogP contribution < -0.4 is 19.7 Å². The molecule has 1 heterocycles. The molecule has 0 bridgehead atoms. The molecular formula is C16H28N2O2+2. The number of ether oxygens (including phenoxy) is 2. The van der Waals surface area contributed by atoms with Crippen LogP contribution in [0, 0.1) is 0 Å². The van der Waals surface area contributed by atoms with Gasteiger partial charge < -0.3 is 19.7 Å². The molecule has 1 aliphatic rings. The third-order valence-corrected chi connectivity index (χ3v) is 4.26. The van der Waals surface area contributed by atoms with Crippen LogP contribution in [0.3, 0.4) is 0 Å². The predicted octanol–water partition coefficient (Wildman–Crippen LogP) is -0.513. The van der Waals surface area contributed by atoms with Gasteiger partial charge in [0.15, 0.2) is 11.5 Å². The fraction of sp³-hybridized carbons (Fsp3) is 0.625. The first-order valence-corrected chi connectivity index (χ1v) is 7.58. The lowest BCUT2D eigenvalue weighted by Gasteiger charge is -2.24. The van der Waals surface area contributed by atoms with Crippen molar-refractivity contribution in [2.45, 2.75) is 25.3 Å². The monoisotopic (exact) mass is 280 g/mol. The fourth-order valence-electron chi connectivity index (χ4n) is 2.89. The Balaban J connectivity index is 1.79. The molecule has 0 radical (unpaired) electrons. The number of piperidine rings is 1. The number of rotatable bonds is 6. The van der Waals surface area contributed by atoms with E-state index >= 15 is 0 Å². The highest BCUT2D eigenvalue weighted by atomic mass is 16.5. The van der Waals surface area contributed by atoms with Crippen molar-refractivity contribution in [3.8, 4) is 11.5 Å². The van der Waals surface area contributed by atoms with E-state index in [1.54, 1.807) is 19.1 Å². The fourth-order valence-corrected chi connectivity index (χ4v) is 2.89. The largest absolute Gasteiger partial charge is 0.493 e. The lowest BCUT2D eigenvalue weighted by atomic mass is 10.0. The summed E-state index contributed by atoms with van der Waals surface area (Å²) in [7, 11) is 5.65. The Bertz CT molecular complexity index is 415. The Kier molecular flexibility index (Phi) is 5.68. The van der Waals surface area contributed by atoms with E-state index < -0.39 is 0 Å². The van der Waals surface area contributed by atoms with E-state index in [4.69, 9.17) is 9.47 Å². The number of likely N-dealkylation sites (tertiary alicyclic amines) is 1. The Morgan fingerprint density at radius 1 is 1.15 bits per heavy atom. The van der Waals surface area contributed by atoms with Crippen molar-refractivity contribution in [1.29, 1.82) is 0 Å². The van der Waals surface area contributed by atoms with Crippen molar-refractivity contribution >= 4 is 0 Å². The molecule has 0 aromatic heterocycles. The lowest BCUT2D eigenvalue weighted by molar-refractivity contribution is -0.894. The van der Waals surface area contributed by atoms with Crippen LogP contribution in [0.4, 0.5) is 0 Å². The molecule has 0 unspecified atom stereocenters. The average molecular weight is 280 g/mol. The zero-order valence-electron chi connectivity index (χ0n) is 12.9. The summed E-state index contributed by atoms with van der Waals surface area (Å²) in [5.41, 5.74) is 1.32. The van der Waals surface area contributed by atoms with Gasteiger partial charge in [-0.1, -0.05) is 6.07 Å². The maximum Gasteiger partial charge on any atom is 0.160 e. The van der Waals surface area contributed by atoms with Crippen molar-refractivity contribution in [2.24, 2.45) is 0 Å². The Morgan fingerprint density at radius 2 is 1.85 bits per heavy atom. The molecule has 20 heavy (non-hydrogen) atoms. The van der Waals surface area contributed by atoms with Crippen LogP contribution in [0.5, 0.6) is 11.5 Å². The molecule has 1 aliphatic heterocycles. The molecule has 2 rings (SSSR count). The summed E-state index contributed by atoms with van der Waals surface area (Å²) in [4.78, 5) is 1.68. The van der Waals surface area contributed by atoms with Gasteiger partial charge in [-0.25, -0.2) is 0 Å². The molecule has 1 aromatic rings. The Morgan fingerprint density at radius 3 is 2.50 bits per heavy atom. The van der Waals surface area contributed by atoms with Crippen LogP contribution in [-0.2, 0) is 6.42 Å². The summed E-state index contributed by atoms with van der Waals surface area (Å²) >= 11 is 0. The summed E-state index contributed by atoms with van der Waals surface area (Å²) in [6.45, 7) is 3.79. The minimum Gasteiger partial charge on any atom is -0.493 e. The van der Waals surface area contributed by atoms with E-state index in [0.717, 1.165) is 30.5 Å². The molecular weight excluding hydrogens is 252 g/mol. The molecule has 1 aromatic carbocycles. The predicted molar refractivity (Wildman–Crippen MR) is 79.7 cm³/mol. The van der Waals surface area contributed by atoms with Gasteiger partial charge in [0.05, 0.1) is 46.9 Å². The van der Waals surface area contributed by atoms with Gasteiger partial charge in [-0.2, -0.15) is 0 Å². The second-order valence-electron chi connectivity index (χ2n) is 5.76. The maximum absolute atomic E-state index is 5.35. The minimum atomic E-state index is 0.804. The van der Waals surface area contributed by atoms with E-state index in [2.05, 4.69) is 24.5 Å². The molecule has 0 saturated carbocycles. The van der Waals surface area contributed by atoms with Gasteiger partial charge in [0.2, 0.25) is 0 Å². The number of hydrogen-bond acceptors (Lipinski definition) is 2.